The number of hydrogen-bond acceptors (Lipinski definition) is 1. The van der Waals surface area contributed by atoms with Crippen LogP contribution in [0.2, 0.25) is 0 Å². The van der Waals surface area contributed by atoms with Gasteiger partial charge in [-0.15, -0.1) is 0 Å². The molecule has 3 rings (SSSR count). The van der Waals surface area contributed by atoms with Gasteiger partial charge in [-0.1, -0.05) is 48.5 Å². The Morgan fingerprint density at radius 3 is 2.24 bits per heavy atom. The first-order valence-corrected chi connectivity index (χ1v) is 7.05. The van der Waals surface area contributed by atoms with Gasteiger partial charge in [-0.05, 0) is 17.7 Å². The van der Waals surface area contributed by atoms with Crippen molar-refractivity contribution in [3.63, 3.8) is 0 Å². The summed E-state index contributed by atoms with van der Waals surface area (Å²) >= 11 is 0. The van der Waals surface area contributed by atoms with Gasteiger partial charge in [0.15, 0.2) is 6.20 Å². The molecule has 0 amide bonds. The van der Waals surface area contributed by atoms with Gasteiger partial charge in [-0.2, -0.15) is 0 Å². The van der Waals surface area contributed by atoms with E-state index in [4.69, 9.17) is 4.74 Å². The molecule has 2 nitrogen and oxygen atoms in total. The molecule has 0 saturated carbocycles. The fraction of sp³-hybridized carbons (Fsp3) is 0.105. The Labute approximate surface area is 125 Å². The zero-order valence-electron chi connectivity index (χ0n) is 12.1. The van der Waals surface area contributed by atoms with E-state index >= 15 is 0 Å². The number of nitrogens with zero attached hydrogens (tertiary/aromatic N) is 1. The third-order valence-corrected chi connectivity index (χ3v) is 3.44. The van der Waals surface area contributed by atoms with Crippen LogP contribution in [0.25, 0.3) is 11.3 Å². The molecule has 0 unspecified atom stereocenters. The van der Waals surface area contributed by atoms with Crippen molar-refractivity contribution in [3.05, 3.63) is 84.6 Å². The largest absolute Gasteiger partial charge is 0.488 e. The van der Waals surface area contributed by atoms with Gasteiger partial charge in [0, 0.05) is 11.6 Å². The van der Waals surface area contributed by atoms with Gasteiger partial charge < -0.3 is 4.74 Å². The smallest absolute Gasteiger partial charge is 0.215 e. The van der Waals surface area contributed by atoms with E-state index in [2.05, 4.69) is 34.9 Å². The average Bonchev–Trinajstić information content (AvgIpc) is 2.56. The predicted molar refractivity (Wildman–Crippen MR) is 83.8 cm³/mol. The first-order chi connectivity index (χ1) is 10.3. The molecule has 1 aromatic heterocycles. The third kappa shape index (κ3) is 3.29. The Morgan fingerprint density at radius 1 is 0.857 bits per heavy atom. The molecule has 0 bridgehead atoms. The van der Waals surface area contributed by atoms with E-state index in [-0.39, 0.29) is 0 Å². The maximum Gasteiger partial charge on any atom is 0.215 e. The van der Waals surface area contributed by atoms with E-state index in [0.29, 0.717) is 6.61 Å². The van der Waals surface area contributed by atoms with E-state index in [0.717, 1.165) is 11.4 Å². The monoisotopic (exact) mass is 276 g/mol. The van der Waals surface area contributed by atoms with Gasteiger partial charge in [0.05, 0.1) is 6.07 Å². The highest BCUT2D eigenvalue weighted by Crippen LogP contribution is 2.20. The summed E-state index contributed by atoms with van der Waals surface area (Å²) in [5.41, 5.74) is 3.50. The fourth-order valence-electron chi connectivity index (χ4n) is 2.28. The second-order valence-electron chi connectivity index (χ2n) is 5.00. The lowest BCUT2D eigenvalue weighted by Gasteiger charge is -2.07. The van der Waals surface area contributed by atoms with Gasteiger partial charge in [-0.3, -0.25) is 0 Å². The number of rotatable bonds is 4. The number of ether oxygens (including phenoxy) is 1. The van der Waals surface area contributed by atoms with Gasteiger partial charge in [0.1, 0.15) is 19.4 Å². The van der Waals surface area contributed by atoms with E-state index < -0.39 is 0 Å². The van der Waals surface area contributed by atoms with Crippen molar-refractivity contribution in [2.45, 2.75) is 6.61 Å². The van der Waals surface area contributed by atoms with Gasteiger partial charge in [0.2, 0.25) is 5.69 Å². The first-order valence-electron chi connectivity index (χ1n) is 7.05. The van der Waals surface area contributed by atoms with E-state index in [1.165, 1.54) is 11.1 Å². The van der Waals surface area contributed by atoms with Crippen molar-refractivity contribution < 1.29 is 9.30 Å². The number of hydrogen-bond donors (Lipinski definition) is 0. The van der Waals surface area contributed by atoms with Crippen LogP contribution >= 0.6 is 0 Å². The summed E-state index contributed by atoms with van der Waals surface area (Å²) in [6, 6.07) is 24.6. The SMILES string of the molecule is C[n+]1ccc(OCc2ccccc2)cc1-c1ccccc1. The number of pyridine rings is 1. The molecular formula is C19H18NO+. The molecule has 0 aliphatic rings. The molecule has 0 N–H and O–H groups in total. The summed E-state index contributed by atoms with van der Waals surface area (Å²) in [6.07, 6.45) is 2.03. The summed E-state index contributed by atoms with van der Waals surface area (Å²) in [5, 5.41) is 0. The van der Waals surface area contributed by atoms with Gasteiger partial charge in [-0.25, -0.2) is 4.57 Å². The fourth-order valence-corrected chi connectivity index (χ4v) is 2.28. The number of aryl methyl sites for hydroxylation is 1. The lowest BCUT2D eigenvalue weighted by molar-refractivity contribution is -0.660. The van der Waals surface area contributed by atoms with Crippen LogP contribution < -0.4 is 9.30 Å². The third-order valence-electron chi connectivity index (χ3n) is 3.44. The molecule has 0 aliphatic heterocycles. The van der Waals surface area contributed by atoms with Crippen LogP contribution in [0.5, 0.6) is 5.75 Å². The zero-order chi connectivity index (χ0) is 14.5. The highest BCUT2D eigenvalue weighted by atomic mass is 16.5. The van der Waals surface area contributed by atoms with E-state index in [1.807, 2.05) is 55.7 Å². The Morgan fingerprint density at radius 2 is 1.52 bits per heavy atom. The molecule has 2 aromatic carbocycles. The molecule has 0 aliphatic carbocycles. The van der Waals surface area contributed by atoms with Crippen molar-refractivity contribution in [1.29, 1.82) is 0 Å². The van der Waals surface area contributed by atoms with Crippen molar-refractivity contribution >= 4 is 0 Å². The van der Waals surface area contributed by atoms with Crippen molar-refractivity contribution in [2.75, 3.05) is 0 Å². The summed E-state index contributed by atoms with van der Waals surface area (Å²) in [5.74, 6) is 0.885. The van der Waals surface area contributed by atoms with E-state index in [9.17, 15) is 0 Å². The number of aromatic nitrogens is 1. The molecule has 3 aromatic rings. The van der Waals surface area contributed by atoms with E-state index in [1.54, 1.807) is 0 Å². The average molecular weight is 276 g/mol. The Hall–Kier alpha value is -2.61. The predicted octanol–water partition coefficient (Wildman–Crippen LogP) is 3.76. The van der Waals surface area contributed by atoms with Crippen LogP contribution in [0, 0.1) is 0 Å². The molecule has 0 radical (unpaired) electrons. The molecule has 104 valence electrons. The maximum atomic E-state index is 5.90. The van der Waals surface area contributed by atoms with Gasteiger partial charge >= 0.3 is 0 Å². The Bertz CT molecular complexity index is 708. The highest BCUT2D eigenvalue weighted by molar-refractivity contribution is 5.57. The second-order valence-corrected chi connectivity index (χ2v) is 5.00. The minimum atomic E-state index is 0.586. The summed E-state index contributed by atoms with van der Waals surface area (Å²) in [6.45, 7) is 0.586. The summed E-state index contributed by atoms with van der Waals surface area (Å²) in [4.78, 5) is 0. The molecule has 0 fully saturated rings. The quantitative estimate of drug-likeness (QED) is 0.661. The van der Waals surface area contributed by atoms with Crippen LogP contribution in [0.1, 0.15) is 5.56 Å². The summed E-state index contributed by atoms with van der Waals surface area (Å²) in [7, 11) is 2.04. The summed E-state index contributed by atoms with van der Waals surface area (Å²) < 4.78 is 8.00. The van der Waals surface area contributed by atoms with Gasteiger partial charge in [0.25, 0.3) is 0 Å². The standard InChI is InChI=1S/C19H18NO/c1-20-13-12-18(21-15-16-8-4-2-5-9-16)14-19(20)17-10-6-3-7-11-17/h2-14H,15H2,1H3/q+1. The number of benzene rings is 2. The highest BCUT2D eigenvalue weighted by Gasteiger charge is 2.10. The lowest BCUT2D eigenvalue weighted by atomic mass is 10.1. The zero-order valence-corrected chi connectivity index (χ0v) is 12.1. The topological polar surface area (TPSA) is 13.1 Å². The molecule has 21 heavy (non-hydrogen) atoms. The first kappa shape index (κ1) is 13.4. The molecule has 1 heterocycles. The Kier molecular flexibility index (Phi) is 3.97. The molecular weight excluding hydrogens is 258 g/mol. The normalized spacial score (nSPS) is 10.3. The van der Waals surface area contributed by atoms with Crippen molar-refractivity contribution in [3.8, 4) is 17.0 Å². The van der Waals surface area contributed by atoms with Crippen LogP contribution in [0.4, 0.5) is 0 Å². The minimum absolute atomic E-state index is 0.586. The van der Waals surface area contributed by atoms with Crippen LogP contribution in [0.3, 0.4) is 0 Å². The van der Waals surface area contributed by atoms with Crippen molar-refractivity contribution in [2.24, 2.45) is 7.05 Å². The van der Waals surface area contributed by atoms with Crippen LogP contribution in [-0.2, 0) is 13.7 Å². The molecule has 2 heteroatoms. The lowest BCUT2D eigenvalue weighted by Crippen LogP contribution is -2.30. The van der Waals surface area contributed by atoms with Crippen molar-refractivity contribution in [1.82, 2.24) is 0 Å². The molecule has 0 atom stereocenters. The van der Waals surface area contributed by atoms with Crippen LogP contribution in [-0.4, -0.2) is 0 Å². The second kappa shape index (κ2) is 6.23. The molecule has 0 saturated heterocycles. The Balaban J connectivity index is 1.81. The van der Waals surface area contributed by atoms with Crippen LogP contribution in [0.15, 0.2) is 79.0 Å². The molecule has 0 spiro atoms. The maximum absolute atomic E-state index is 5.90. The minimum Gasteiger partial charge on any atom is -0.488 e.